The van der Waals surface area contributed by atoms with Crippen molar-refractivity contribution in [3.05, 3.63) is 52.4 Å². The lowest BCUT2D eigenvalue weighted by atomic mass is 10.1. The van der Waals surface area contributed by atoms with E-state index in [1.54, 1.807) is 6.08 Å². The van der Waals surface area contributed by atoms with Crippen LogP contribution in [0.15, 0.2) is 24.3 Å². The predicted molar refractivity (Wildman–Crippen MR) is 108 cm³/mol. The van der Waals surface area contributed by atoms with Crippen LogP contribution in [-0.4, -0.2) is 23.6 Å². The van der Waals surface area contributed by atoms with Crippen LogP contribution in [0.25, 0.3) is 6.08 Å². The number of anilines is 1. The maximum Gasteiger partial charge on any atom is 0.248 e. The Hall–Kier alpha value is -2.82. The van der Waals surface area contributed by atoms with Crippen LogP contribution >= 0.6 is 0 Å². The van der Waals surface area contributed by atoms with E-state index in [1.807, 2.05) is 52.8 Å². The number of pyridine rings is 1. The van der Waals surface area contributed by atoms with E-state index in [0.717, 1.165) is 51.7 Å². The molecule has 1 aliphatic rings. The average Bonchev–Trinajstić information content (AvgIpc) is 2.95. The van der Waals surface area contributed by atoms with E-state index in [2.05, 4.69) is 10.3 Å². The van der Waals surface area contributed by atoms with Gasteiger partial charge in [-0.3, -0.25) is 9.78 Å². The molecule has 5 nitrogen and oxygen atoms in total. The number of amides is 1. The monoisotopic (exact) mass is 366 g/mol. The molecule has 2 heterocycles. The van der Waals surface area contributed by atoms with Crippen LogP contribution in [0, 0.1) is 20.8 Å². The lowest BCUT2D eigenvalue weighted by molar-refractivity contribution is -0.111. The van der Waals surface area contributed by atoms with Gasteiger partial charge in [-0.05, 0) is 64.5 Å². The summed E-state index contributed by atoms with van der Waals surface area (Å²) in [6.07, 6.45) is 4.32. The second kappa shape index (κ2) is 7.82. The number of benzene rings is 1. The van der Waals surface area contributed by atoms with Crippen molar-refractivity contribution in [3.8, 4) is 11.5 Å². The maximum absolute atomic E-state index is 12.4. The first-order valence-electron chi connectivity index (χ1n) is 9.27. The highest BCUT2D eigenvalue weighted by molar-refractivity contribution is 6.02. The zero-order valence-corrected chi connectivity index (χ0v) is 16.6. The summed E-state index contributed by atoms with van der Waals surface area (Å²) < 4.78 is 11.6. The Bertz CT molecular complexity index is 880. The summed E-state index contributed by atoms with van der Waals surface area (Å²) in [5, 5.41) is 2.93. The second-order valence-electron chi connectivity index (χ2n) is 6.93. The second-order valence-corrected chi connectivity index (χ2v) is 6.93. The standard InChI is InChI=1S/C22H26N2O3/c1-6-26-19-12-18-10-15(4)27-20(18)11-17(19)7-8-21(25)24-22-13(2)9-14(3)23-16(22)5/h7-9,11-12,15H,6,10H2,1-5H3,(H,24,25)/b8-7+. The first-order valence-corrected chi connectivity index (χ1v) is 9.27. The van der Waals surface area contributed by atoms with Crippen molar-refractivity contribution >= 4 is 17.7 Å². The van der Waals surface area contributed by atoms with Crippen LogP contribution < -0.4 is 14.8 Å². The van der Waals surface area contributed by atoms with Gasteiger partial charge < -0.3 is 14.8 Å². The normalized spacial score (nSPS) is 15.5. The molecule has 1 unspecified atom stereocenters. The number of ether oxygens (including phenoxy) is 2. The number of nitrogens with one attached hydrogen (secondary N) is 1. The molecule has 1 amide bonds. The van der Waals surface area contributed by atoms with Crippen LogP contribution in [0.1, 0.15) is 41.9 Å². The van der Waals surface area contributed by atoms with Crippen molar-refractivity contribution < 1.29 is 14.3 Å². The zero-order chi connectivity index (χ0) is 19.6. The highest BCUT2D eigenvalue weighted by Crippen LogP contribution is 2.35. The molecule has 0 aliphatic carbocycles. The molecule has 142 valence electrons. The highest BCUT2D eigenvalue weighted by Gasteiger charge is 2.21. The molecule has 27 heavy (non-hydrogen) atoms. The van der Waals surface area contributed by atoms with E-state index < -0.39 is 0 Å². The van der Waals surface area contributed by atoms with Crippen LogP contribution in [0.2, 0.25) is 0 Å². The van der Waals surface area contributed by atoms with Crippen molar-refractivity contribution in [1.29, 1.82) is 0 Å². The van der Waals surface area contributed by atoms with E-state index >= 15 is 0 Å². The van der Waals surface area contributed by atoms with E-state index in [9.17, 15) is 4.79 Å². The molecule has 0 bridgehead atoms. The number of fused-ring (bicyclic) bond motifs is 1. The molecular weight excluding hydrogens is 340 g/mol. The lowest BCUT2D eigenvalue weighted by Gasteiger charge is -2.11. The van der Waals surface area contributed by atoms with Gasteiger partial charge in [0.2, 0.25) is 5.91 Å². The van der Waals surface area contributed by atoms with Gasteiger partial charge in [0.1, 0.15) is 17.6 Å². The van der Waals surface area contributed by atoms with Gasteiger partial charge in [0.15, 0.2) is 0 Å². The fourth-order valence-electron chi connectivity index (χ4n) is 3.41. The van der Waals surface area contributed by atoms with Gasteiger partial charge in [-0.15, -0.1) is 0 Å². The van der Waals surface area contributed by atoms with Crippen molar-refractivity contribution in [3.63, 3.8) is 0 Å². The number of carbonyl (C=O) groups is 1. The number of carbonyl (C=O) groups excluding carboxylic acids is 1. The predicted octanol–water partition coefficient (Wildman–Crippen LogP) is 4.38. The Labute approximate surface area is 160 Å². The SMILES string of the molecule is CCOc1cc2c(cc1/C=C/C(=O)Nc1c(C)cc(C)nc1C)OC(C)C2. The summed E-state index contributed by atoms with van der Waals surface area (Å²) in [4.78, 5) is 16.8. The number of hydrogen-bond acceptors (Lipinski definition) is 4. The van der Waals surface area contributed by atoms with Gasteiger partial charge in [-0.2, -0.15) is 0 Å². The Kier molecular flexibility index (Phi) is 5.49. The molecule has 0 saturated heterocycles. The Morgan fingerprint density at radius 2 is 2.11 bits per heavy atom. The molecule has 2 aromatic rings. The van der Waals surface area contributed by atoms with Crippen molar-refractivity contribution in [2.75, 3.05) is 11.9 Å². The smallest absolute Gasteiger partial charge is 0.248 e. The van der Waals surface area contributed by atoms with Gasteiger partial charge in [0, 0.05) is 29.3 Å². The largest absolute Gasteiger partial charge is 0.493 e. The molecule has 1 aliphatic heterocycles. The van der Waals surface area contributed by atoms with Crippen LogP contribution in [0.4, 0.5) is 5.69 Å². The van der Waals surface area contributed by atoms with Crippen LogP contribution in [0.3, 0.4) is 0 Å². The number of aryl methyl sites for hydroxylation is 3. The molecule has 1 atom stereocenters. The van der Waals surface area contributed by atoms with Crippen molar-refractivity contribution in [1.82, 2.24) is 4.98 Å². The molecule has 0 fully saturated rings. The number of hydrogen-bond donors (Lipinski definition) is 1. The Morgan fingerprint density at radius 3 is 2.81 bits per heavy atom. The highest BCUT2D eigenvalue weighted by atomic mass is 16.5. The number of rotatable bonds is 5. The van der Waals surface area contributed by atoms with Gasteiger partial charge in [-0.1, -0.05) is 0 Å². The van der Waals surface area contributed by atoms with Gasteiger partial charge in [0.05, 0.1) is 18.0 Å². The maximum atomic E-state index is 12.4. The summed E-state index contributed by atoms with van der Waals surface area (Å²) in [6.45, 7) is 10.4. The third-order valence-electron chi connectivity index (χ3n) is 4.52. The summed E-state index contributed by atoms with van der Waals surface area (Å²) in [6, 6.07) is 5.91. The molecule has 1 aromatic carbocycles. The van der Waals surface area contributed by atoms with Crippen LogP contribution in [-0.2, 0) is 11.2 Å². The molecule has 5 heteroatoms. The average molecular weight is 366 g/mol. The first kappa shape index (κ1) is 19.0. The summed E-state index contributed by atoms with van der Waals surface area (Å²) in [5.41, 5.74) is 5.47. The van der Waals surface area contributed by atoms with E-state index in [1.165, 1.54) is 6.08 Å². The molecule has 0 saturated carbocycles. The van der Waals surface area contributed by atoms with Crippen LogP contribution in [0.5, 0.6) is 11.5 Å². The third kappa shape index (κ3) is 4.30. The van der Waals surface area contributed by atoms with Gasteiger partial charge >= 0.3 is 0 Å². The topological polar surface area (TPSA) is 60.5 Å². The fourth-order valence-corrected chi connectivity index (χ4v) is 3.41. The van der Waals surface area contributed by atoms with E-state index in [4.69, 9.17) is 9.47 Å². The van der Waals surface area contributed by atoms with E-state index in [-0.39, 0.29) is 12.0 Å². The zero-order valence-electron chi connectivity index (χ0n) is 16.6. The molecule has 3 rings (SSSR count). The minimum atomic E-state index is -0.205. The molecule has 0 spiro atoms. The fraction of sp³-hybridized carbons (Fsp3) is 0.364. The third-order valence-corrected chi connectivity index (χ3v) is 4.52. The van der Waals surface area contributed by atoms with Crippen molar-refractivity contribution in [2.45, 2.75) is 47.1 Å². The Balaban J connectivity index is 1.81. The Morgan fingerprint density at radius 1 is 1.33 bits per heavy atom. The molecule has 1 aromatic heterocycles. The lowest BCUT2D eigenvalue weighted by Crippen LogP contribution is -2.11. The van der Waals surface area contributed by atoms with Crippen molar-refractivity contribution in [2.24, 2.45) is 0 Å². The molecule has 0 radical (unpaired) electrons. The minimum Gasteiger partial charge on any atom is -0.493 e. The summed E-state index contributed by atoms with van der Waals surface area (Å²) >= 11 is 0. The molecule has 1 N–H and O–H groups in total. The molecular formula is C22H26N2O3. The number of nitrogens with zero attached hydrogens (tertiary/aromatic N) is 1. The van der Waals surface area contributed by atoms with Gasteiger partial charge in [-0.25, -0.2) is 0 Å². The quantitative estimate of drug-likeness (QED) is 0.798. The number of aromatic nitrogens is 1. The summed E-state index contributed by atoms with van der Waals surface area (Å²) in [7, 11) is 0. The van der Waals surface area contributed by atoms with Gasteiger partial charge in [0.25, 0.3) is 0 Å². The van der Waals surface area contributed by atoms with E-state index in [0.29, 0.717) is 6.61 Å². The summed E-state index contributed by atoms with van der Waals surface area (Å²) in [5.74, 6) is 1.42. The first-order chi connectivity index (χ1) is 12.9. The minimum absolute atomic E-state index is 0.164.